The molecule has 0 fully saturated rings. The van der Waals surface area contributed by atoms with Gasteiger partial charge >= 0.3 is 0 Å². The van der Waals surface area contributed by atoms with Crippen molar-refractivity contribution in [2.24, 2.45) is 0 Å². The van der Waals surface area contributed by atoms with Crippen molar-refractivity contribution in [1.82, 2.24) is 9.46 Å². The van der Waals surface area contributed by atoms with Crippen molar-refractivity contribution in [3.8, 4) is 0 Å². The quantitative estimate of drug-likeness (QED) is 0.849. The van der Waals surface area contributed by atoms with Crippen LogP contribution in [0.3, 0.4) is 0 Å². The zero-order valence-electron chi connectivity index (χ0n) is 10.8. The van der Waals surface area contributed by atoms with Crippen LogP contribution in [-0.4, -0.2) is 42.6 Å². The van der Waals surface area contributed by atoms with Gasteiger partial charge in [0.2, 0.25) is 15.9 Å². The van der Waals surface area contributed by atoms with Crippen LogP contribution in [0.1, 0.15) is 19.6 Å². The molecule has 1 heterocycles. The molecule has 7 nitrogen and oxygen atoms in total. The Morgan fingerprint density at radius 3 is 2.61 bits per heavy atom. The van der Waals surface area contributed by atoms with Crippen LogP contribution in [0.25, 0.3) is 0 Å². The highest BCUT2D eigenvalue weighted by Gasteiger charge is 2.24. The van der Waals surface area contributed by atoms with Crippen LogP contribution in [-0.2, 0) is 14.8 Å². The summed E-state index contributed by atoms with van der Waals surface area (Å²) in [6.07, 6.45) is 0. The Balaban J connectivity index is 2.61. The summed E-state index contributed by atoms with van der Waals surface area (Å²) in [5, 5.41) is 5.47. The average molecular weight is 275 g/mol. The molecule has 18 heavy (non-hydrogen) atoms. The van der Waals surface area contributed by atoms with E-state index in [1.165, 1.54) is 7.05 Å². The van der Waals surface area contributed by atoms with Crippen LogP contribution < -0.4 is 5.32 Å². The lowest BCUT2D eigenvalue weighted by atomic mass is 10.5. The highest BCUT2D eigenvalue weighted by molar-refractivity contribution is 7.89. The monoisotopic (exact) mass is 275 g/mol. The molecule has 0 saturated heterocycles. The molecule has 0 aromatic carbocycles. The van der Waals surface area contributed by atoms with Gasteiger partial charge in [-0.05, 0) is 20.8 Å². The minimum atomic E-state index is -3.43. The topological polar surface area (TPSA) is 92.5 Å². The number of sulfonamides is 1. The lowest BCUT2D eigenvalue weighted by molar-refractivity contribution is -0.116. The van der Waals surface area contributed by atoms with Crippen molar-refractivity contribution >= 4 is 21.7 Å². The highest BCUT2D eigenvalue weighted by atomic mass is 32.2. The maximum atomic E-state index is 11.7. The van der Waals surface area contributed by atoms with E-state index >= 15 is 0 Å². The first-order chi connectivity index (χ1) is 8.23. The zero-order valence-corrected chi connectivity index (χ0v) is 11.6. The van der Waals surface area contributed by atoms with Crippen LogP contribution in [0.4, 0.5) is 5.82 Å². The van der Waals surface area contributed by atoms with Crippen molar-refractivity contribution in [2.75, 3.05) is 18.9 Å². The fraction of sp³-hybridized carbons (Fsp3) is 0.600. The Hall–Kier alpha value is -1.41. The minimum absolute atomic E-state index is 0.258. The van der Waals surface area contributed by atoms with Gasteiger partial charge in [0.15, 0.2) is 5.82 Å². The van der Waals surface area contributed by atoms with Gasteiger partial charge in [0.1, 0.15) is 5.76 Å². The van der Waals surface area contributed by atoms with Gasteiger partial charge in [0.05, 0.1) is 11.8 Å². The fourth-order valence-electron chi connectivity index (χ4n) is 1.26. The molecule has 1 aromatic rings. The van der Waals surface area contributed by atoms with E-state index in [9.17, 15) is 13.2 Å². The number of aryl methyl sites for hydroxylation is 1. The Kier molecular flexibility index (Phi) is 4.47. The molecular formula is C10H17N3O4S. The average Bonchev–Trinajstić information content (AvgIpc) is 2.63. The summed E-state index contributed by atoms with van der Waals surface area (Å²) in [6, 6.07) is 1.55. The molecule has 0 radical (unpaired) electrons. The summed E-state index contributed by atoms with van der Waals surface area (Å²) < 4.78 is 29.3. The molecule has 1 N–H and O–H groups in total. The number of hydrogen-bond donors (Lipinski definition) is 1. The molecule has 0 aliphatic heterocycles. The van der Waals surface area contributed by atoms with Crippen molar-refractivity contribution in [3.63, 3.8) is 0 Å². The van der Waals surface area contributed by atoms with E-state index in [2.05, 4.69) is 10.5 Å². The molecule has 0 saturated carbocycles. The van der Waals surface area contributed by atoms with Gasteiger partial charge < -0.3 is 9.84 Å². The third-order valence-electron chi connectivity index (χ3n) is 2.29. The zero-order chi connectivity index (χ0) is 13.9. The number of amides is 1. The van der Waals surface area contributed by atoms with Gasteiger partial charge in [0.25, 0.3) is 0 Å². The summed E-state index contributed by atoms with van der Waals surface area (Å²) in [5.41, 5.74) is 0. The van der Waals surface area contributed by atoms with Crippen LogP contribution >= 0.6 is 0 Å². The normalized spacial score (nSPS) is 12.1. The molecule has 0 aliphatic carbocycles. The minimum Gasteiger partial charge on any atom is -0.360 e. The molecule has 8 heteroatoms. The molecule has 1 rings (SSSR count). The van der Waals surface area contributed by atoms with Gasteiger partial charge in [-0.1, -0.05) is 5.16 Å². The van der Waals surface area contributed by atoms with Gasteiger partial charge in [0, 0.05) is 13.1 Å². The molecule has 0 aliphatic rings. The Labute approximate surface area is 106 Å². The van der Waals surface area contributed by atoms with Gasteiger partial charge in [-0.2, -0.15) is 4.31 Å². The molecule has 0 unspecified atom stereocenters. The molecule has 0 spiro atoms. The molecule has 0 atom stereocenters. The van der Waals surface area contributed by atoms with E-state index in [-0.39, 0.29) is 12.4 Å². The number of aromatic nitrogens is 1. The number of hydrogen-bond acceptors (Lipinski definition) is 5. The summed E-state index contributed by atoms with van der Waals surface area (Å²) >= 11 is 0. The largest absolute Gasteiger partial charge is 0.360 e. The smallest absolute Gasteiger partial charge is 0.240 e. The third-order valence-corrected chi connectivity index (χ3v) is 4.48. The van der Waals surface area contributed by atoms with Gasteiger partial charge in [-0.3, -0.25) is 4.79 Å². The lowest BCUT2D eigenvalue weighted by Crippen LogP contribution is -2.38. The van der Waals surface area contributed by atoms with Crippen LogP contribution in [0.2, 0.25) is 0 Å². The number of nitrogens with one attached hydrogen (secondary N) is 1. The maximum absolute atomic E-state index is 11.7. The first-order valence-electron chi connectivity index (χ1n) is 5.42. The van der Waals surface area contributed by atoms with Crippen molar-refractivity contribution in [2.45, 2.75) is 26.0 Å². The van der Waals surface area contributed by atoms with Crippen molar-refractivity contribution < 1.29 is 17.7 Å². The number of anilines is 1. The second-order valence-electron chi connectivity index (χ2n) is 4.22. The lowest BCUT2D eigenvalue weighted by Gasteiger charge is -2.18. The highest BCUT2D eigenvalue weighted by Crippen LogP contribution is 2.08. The summed E-state index contributed by atoms with van der Waals surface area (Å²) in [7, 11) is -2.07. The summed E-state index contributed by atoms with van der Waals surface area (Å²) in [4.78, 5) is 11.6. The molecule has 1 aromatic heterocycles. The van der Waals surface area contributed by atoms with E-state index in [0.717, 1.165) is 4.31 Å². The molecule has 0 bridgehead atoms. The third kappa shape index (κ3) is 3.54. The maximum Gasteiger partial charge on any atom is 0.240 e. The number of likely N-dealkylation sites (N-methyl/N-ethyl adjacent to an activating group) is 1. The first-order valence-corrected chi connectivity index (χ1v) is 6.92. The fourth-order valence-corrected chi connectivity index (χ4v) is 2.28. The van der Waals surface area contributed by atoms with E-state index in [4.69, 9.17) is 4.52 Å². The summed E-state index contributed by atoms with van der Waals surface area (Å²) in [5.74, 6) is 0.372. The predicted octanol–water partition coefficient (Wildman–Crippen LogP) is 0.592. The predicted molar refractivity (Wildman–Crippen MR) is 66.6 cm³/mol. The van der Waals surface area contributed by atoms with E-state index in [1.54, 1.807) is 26.8 Å². The number of rotatable bonds is 5. The molecular weight excluding hydrogens is 258 g/mol. The Morgan fingerprint density at radius 2 is 2.17 bits per heavy atom. The van der Waals surface area contributed by atoms with E-state index in [0.29, 0.717) is 5.76 Å². The molecule has 102 valence electrons. The Bertz CT molecular complexity index is 521. The van der Waals surface area contributed by atoms with Gasteiger partial charge in [-0.15, -0.1) is 0 Å². The number of carbonyl (C=O) groups excluding carboxylic acids is 1. The van der Waals surface area contributed by atoms with Crippen LogP contribution in [0.5, 0.6) is 0 Å². The van der Waals surface area contributed by atoms with Crippen LogP contribution in [0, 0.1) is 6.92 Å². The molecule has 1 amide bonds. The van der Waals surface area contributed by atoms with E-state index < -0.39 is 21.2 Å². The van der Waals surface area contributed by atoms with E-state index in [1.807, 2.05) is 0 Å². The van der Waals surface area contributed by atoms with Crippen molar-refractivity contribution in [3.05, 3.63) is 11.8 Å². The SMILES string of the molecule is Cc1cc(NC(=O)CN(C)S(=O)(=O)C(C)C)no1. The number of carbonyl (C=O) groups is 1. The van der Waals surface area contributed by atoms with Gasteiger partial charge in [-0.25, -0.2) is 8.42 Å². The van der Waals surface area contributed by atoms with Crippen molar-refractivity contribution in [1.29, 1.82) is 0 Å². The number of nitrogens with zero attached hydrogens (tertiary/aromatic N) is 2. The first kappa shape index (κ1) is 14.7. The standard InChI is InChI=1S/C10H17N3O4S/c1-7(2)18(15,16)13(4)6-10(14)11-9-5-8(3)17-12-9/h5,7H,6H2,1-4H3,(H,11,12,14). The Morgan fingerprint density at radius 1 is 1.56 bits per heavy atom. The second kappa shape index (κ2) is 5.49. The van der Waals surface area contributed by atoms with Crippen LogP contribution in [0.15, 0.2) is 10.6 Å². The second-order valence-corrected chi connectivity index (χ2v) is 6.82. The summed E-state index contributed by atoms with van der Waals surface area (Å²) in [6.45, 7) is 4.56.